The maximum Gasteiger partial charge on any atom is 0.132 e. The van der Waals surface area contributed by atoms with Gasteiger partial charge in [-0.15, -0.1) is 0 Å². The normalized spacial score (nSPS) is 12.9. The standard InChI is InChI=1S/C10H12ClN3O2/c11-10-7-2-1-3-8(9(7)13-14-10)12-4-6(16)5-15/h1-3,6,12,15-16H,4-5H2,(H,13,14). The summed E-state index contributed by atoms with van der Waals surface area (Å²) < 4.78 is 0. The van der Waals surface area contributed by atoms with E-state index in [2.05, 4.69) is 15.5 Å². The topological polar surface area (TPSA) is 81.2 Å². The number of aromatic nitrogens is 2. The van der Waals surface area contributed by atoms with Gasteiger partial charge in [0.2, 0.25) is 0 Å². The number of hydrogen-bond donors (Lipinski definition) is 4. The van der Waals surface area contributed by atoms with Crippen molar-refractivity contribution in [1.82, 2.24) is 10.2 Å². The summed E-state index contributed by atoms with van der Waals surface area (Å²) in [6, 6.07) is 5.54. The van der Waals surface area contributed by atoms with Crippen molar-refractivity contribution in [2.24, 2.45) is 0 Å². The van der Waals surface area contributed by atoms with Crippen LogP contribution in [0.4, 0.5) is 5.69 Å². The van der Waals surface area contributed by atoms with Crippen LogP contribution < -0.4 is 5.32 Å². The van der Waals surface area contributed by atoms with Crippen LogP contribution in [0.3, 0.4) is 0 Å². The fourth-order valence-corrected chi connectivity index (χ4v) is 1.64. The van der Waals surface area contributed by atoms with Crippen LogP contribution in [0.2, 0.25) is 5.15 Å². The Labute approximate surface area is 97.0 Å². The molecular formula is C10H12ClN3O2. The molecule has 1 aromatic heterocycles. The van der Waals surface area contributed by atoms with Crippen LogP contribution in [0.15, 0.2) is 18.2 Å². The molecule has 0 radical (unpaired) electrons. The number of aliphatic hydroxyl groups excluding tert-OH is 2. The van der Waals surface area contributed by atoms with Crippen LogP contribution in [0.5, 0.6) is 0 Å². The second-order valence-electron chi connectivity index (χ2n) is 3.46. The molecule has 2 aromatic rings. The van der Waals surface area contributed by atoms with Crippen LogP contribution in [0.1, 0.15) is 0 Å². The summed E-state index contributed by atoms with van der Waals surface area (Å²) in [6.45, 7) is -0.00953. The van der Waals surface area contributed by atoms with E-state index in [4.69, 9.17) is 16.7 Å². The maximum atomic E-state index is 9.23. The fraction of sp³-hybridized carbons (Fsp3) is 0.300. The third-order valence-electron chi connectivity index (χ3n) is 2.28. The van der Waals surface area contributed by atoms with Crippen molar-refractivity contribution >= 4 is 28.2 Å². The highest BCUT2D eigenvalue weighted by atomic mass is 35.5. The number of aliphatic hydroxyl groups is 2. The Kier molecular flexibility index (Phi) is 3.28. The van der Waals surface area contributed by atoms with Crippen molar-refractivity contribution in [2.75, 3.05) is 18.5 Å². The molecule has 6 heteroatoms. The average molecular weight is 242 g/mol. The van der Waals surface area contributed by atoms with E-state index in [-0.39, 0.29) is 13.2 Å². The number of aromatic amines is 1. The number of rotatable bonds is 4. The summed E-state index contributed by atoms with van der Waals surface area (Å²) >= 11 is 5.90. The zero-order chi connectivity index (χ0) is 11.5. The molecule has 0 aliphatic carbocycles. The fourth-order valence-electron chi connectivity index (χ4n) is 1.44. The molecule has 1 aromatic carbocycles. The lowest BCUT2D eigenvalue weighted by Gasteiger charge is -2.10. The molecule has 0 saturated carbocycles. The number of fused-ring (bicyclic) bond motifs is 1. The summed E-state index contributed by atoms with van der Waals surface area (Å²) in [5, 5.41) is 29.0. The maximum absolute atomic E-state index is 9.23. The average Bonchev–Trinajstić information content (AvgIpc) is 2.69. The molecule has 2 rings (SSSR count). The zero-order valence-electron chi connectivity index (χ0n) is 8.44. The minimum Gasteiger partial charge on any atom is -0.394 e. The first-order chi connectivity index (χ1) is 7.72. The van der Waals surface area contributed by atoms with Crippen molar-refractivity contribution in [1.29, 1.82) is 0 Å². The number of para-hydroxylation sites is 1. The smallest absolute Gasteiger partial charge is 0.132 e. The van der Waals surface area contributed by atoms with Gasteiger partial charge >= 0.3 is 0 Å². The molecule has 1 unspecified atom stereocenters. The highest BCUT2D eigenvalue weighted by Gasteiger charge is 2.08. The van der Waals surface area contributed by atoms with Crippen LogP contribution in [0, 0.1) is 0 Å². The minimum absolute atomic E-state index is 0.264. The van der Waals surface area contributed by atoms with E-state index in [0.717, 1.165) is 16.6 Å². The molecule has 0 fully saturated rings. The molecule has 0 saturated heterocycles. The number of benzene rings is 1. The van der Waals surface area contributed by atoms with Crippen molar-refractivity contribution in [3.05, 3.63) is 23.4 Å². The van der Waals surface area contributed by atoms with Gasteiger partial charge < -0.3 is 15.5 Å². The molecule has 1 atom stereocenters. The van der Waals surface area contributed by atoms with Gasteiger partial charge in [-0.1, -0.05) is 17.7 Å². The Morgan fingerprint density at radius 1 is 1.50 bits per heavy atom. The van der Waals surface area contributed by atoms with Crippen LogP contribution in [-0.4, -0.2) is 39.7 Å². The second kappa shape index (κ2) is 4.69. The van der Waals surface area contributed by atoms with Crippen molar-refractivity contribution in [2.45, 2.75) is 6.10 Å². The number of hydrogen-bond acceptors (Lipinski definition) is 4. The molecule has 0 amide bonds. The van der Waals surface area contributed by atoms with E-state index in [1.54, 1.807) is 0 Å². The summed E-state index contributed by atoms with van der Waals surface area (Å²) in [5.74, 6) is 0. The molecule has 4 N–H and O–H groups in total. The summed E-state index contributed by atoms with van der Waals surface area (Å²) in [5.41, 5.74) is 1.49. The number of halogens is 1. The second-order valence-corrected chi connectivity index (χ2v) is 3.83. The lowest BCUT2D eigenvalue weighted by molar-refractivity contribution is 0.105. The molecule has 0 spiro atoms. The number of nitrogens with zero attached hydrogens (tertiary/aromatic N) is 1. The molecule has 86 valence electrons. The lowest BCUT2D eigenvalue weighted by Crippen LogP contribution is -2.22. The van der Waals surface area contributed by atoms with Crippen molar-refractivity contribution < 1.29 is 10.2 Å². The van der Waals surface area contributed by atoms with Gasteiger partial charge in [-0.2, -0.15) is 5.10 Å². The van der Waals surface area contributed by atoms with Gasteiger partial charge in [-0.3, -0.25) is 5.10 Å². The van der Waals surface area contributed by atoms with Crippen molar-refractivity contribution in [3.63, 3.8) is 0 Å². The predicted molar refractivity (Wildman–Crippen MR) is 62.7 cm³/mol. The van der Waals surface area contributed by atoms with Gasteiger partial charge in [-0.25, -0.2) is 0 Å². The zero-order valence-corrected chi connectivity index (χ0v) is 9.20. The van der Waals surface area contributed by atoms with E-state index in [0.29, 0.717) is 5.15 Å². The Balaban J connectivity index is 2.24. The van der Waals surface area contributed by atoms with E-state index >= 15 is 0 Å². The first-order valence-corrected chi connectivity index (χ1v) is 5.25. The summed E-state index contributed by atoms with van der Waals surface area (Å²) in [7, 11) is 0. The molecule has 16 heavy (non-hydrogen) atoms. The molecule has 1 heterocycles. The monoisotopic (exact) mass is 241 g/mol. The summed E-state index contributed by atoms with van der Waals surface area (Å²) in [6.07, 6.45) is -0.787. The van der Waals surface area contributed by atoms with E-state index in [1.807, 2.05) is 18.2 Å². The predicted octanol–water partition coefficient (Wildman–Crippen LogP) is 0.981. The van der Waals surface area contributed by atoms with E-state index in [1.165, 1.54) is 0 Å². The molecule has 5 nitrogen and oxygen atoms in total. The lowest BCUT2D eigenvalue weighted by atomic mass is 10.2. The third kappa shape index (κ3) is 2.11. The van der Waals surface area contributed by atoms with Crippen LogP contribution in [0.25, 0.3) is 10.9 Å². The molecule has 0 bridgehead atoms. The van der Waals surface area contributed by atoms with Crippen LogP contribution in [-0.2, 0) is 0 Å². The van der Waals surface area contributed by atoms with Gasteiger partial charge in [0, 0.05) is 11.9 Å². The van der Waals surface area contributed by atoms with Gasteiger partial charge in [0.05, 0.1) is 18.4 Å². The Bertz CT molecular complexity index is 486. The molecular weight excluding hydrogens is 230 g/mol. The largest absolute Gasteiger partial charge is 0.394 e. The number of H-pyrrole nitrogens is 1. The Morgan fingerprint density at radius 3 is 3.06 bits per heavy atom. The SMILES string of the molecule is OCC(O)CNc1cccc2c(Cl)[nH]nc12. The first kappa shape index (κ1) is 11.2. The van der Waals surface area contributed by atoms with Crippen LogP contribution >= 0.6 is 11.6 Å². The first-order valence-electron chi connectivity index (χ1n) is 4.87. The highest BCUT2D eigenvalue weighted by molar-refractivity contribution is 6.34. The molecule has 0 aliphatic rings. The van der Waals surface area contributed by atoms with Gasteiger partial charge in [0.1, 0.15) is 10.7 Å². The third-order valence-corrected chi connectivity index (χ3v) is 2.57. The van der Waals surface area contributed by atoms with E-state index < -0.39 is 6.10 Å². The number of nitrogens with one attached hydrogen (secondary N) is 2. The van der Waals surface area contributed by atoms with Crippen molar-refractivity contribution in [3.8, 4) is 0 Å². The number of anilines is 1. The quantitative estimate of drug-likeness (QED) is 0.643. The van der Waals surface area contributed by atoms with Gasteiger partial charge in [0.15, 0.2) is 0 Å². The Morgan fingerprint density at radius 2 is 2.31 bits per heavy atom. The van der Waals surface area contributed by atoms with Gasteiger partial charge in [-0.05, 0) is 12.1 Å². The van der Waals surface area contributed by atoms with E-state index in [9.17, 15) is 5.11 Å². The Hall–Kier alpha value is -1.30. The highest BCUT2D eigenvalue weighted by Crippen LogP contribution is 2.26. The molecule has 0 aliphatic heterocycles. The minimum atomic E-state index is -0.787. The van der Waals surface area contributed by atoms with Gasteiger partial charge in [0.25, 0.3) is 0 Å². The summed E-state index contributed by atoms with van der Waals surface area (Å²) in [4.78, 5) is 0.